The van der Waals surface area contributed by atoms with E-state index in [9.17, 15) is 19.2 Å². The molecule has 0 spiro atoms. The van der Waals surface area contributed by atoms with Crippen molar-refractivity contribution in [1.82, 2.24) is 20.1 Å². The molecule has 11 heteroatoms. The Morgan fingerprint density at radius 1 is 0.976 bits per heavy atom. The van der Waals surface area contributed by atoms with Gasteiger partial charge in [-0.25, -0.2) is 4.79 Å². The Bertz CT molecular complexity index is 1490. The van der Waals surface area contributed by atoms with Crippen molar-refractivity contribution in [2.45, 2.75) is 63.6 Å². The predicted molar refractivity (Wildman–Crippen MR) is 151 cm³/mol. The lowest BCUT2D eigenvalue weighted by Crippen LogP contribution is -2.49. The molecule has 2 N–H and O–H groups in total. The standard InChI is InChI=1S/C30H36N4O7/c1-39-25-15-19-9-12-26(35)32-17-22-11-10-21(16-27(36)31-13-5-6-20(14-19)29(25)40-2)34(22)28(37)18-33-23-7-3-4-8-24(23)41-30(33)38/h3-4,7-8,14-15,21-22H,5-6,9-13,16-18H2,1-2H3,(H,31,36)(H,32,35)/t21-,22+/m0/s1. The Balaban J connectivity index is 1.36. The number of ether oxygens (including phenoxy) is 2. The average Bonchev–Trinajstić information content (AvgIpc) is 3.51. The number of nitrogens with zero attached hydrogens (tertiary/aromatic N) is 2. The summed E-state index contributed by atoms with van der Waals surface area (Å²) < 4.78 is 17.7. The summed E-state index contributed by atoms with van der Waals surface area (Å²) >= 11 is 0. The van der Waals surface area contributed by atoms with Crippen LogP contribution in [0.1, 0.15) is 43.2 Å². The first-order chi connectivity index (χ1) is 19.9. The first-order valence-electron chi connectivity index (χ1n) is 14.0. The monoisotopic (exact) mass is 564 g/mol. The van der Waals surface area contributed by atoms with Gasteiger partial charge in [-0.3, -0.25) is 19.0 Å². The normalized spacial score (nSPS) is 20.3. The molecule has 4 bridgehead atoms. The van der Waals surface area contributed by atoms with Crippen molar-refractivity contribution < 1.29 is 28.3 Å². The molecular weight excluding hydrogens is 528 g/mol. The molecule has 2 aromatic carbocycles. The molecule has 11 nitrogen and oxygen atoms in total. The van der Waals surface area contributed by atoms with E-state index in [0.717, 1.165) is 11.1 Å². The molecule has 218 valence electrons. The van der Waals surface area contributed by atoms with Crippen LogP contribution in [0.25, 0.3) is 11.1 Å². The van der Waals surface area contributed by atoms with Crippen LogP contribution < -0.4 is 25.9 Å². The van der Waals surface area contributed by atoms with E-state index >= 15 is 0 Å². The smallest absolute Gasteiger partial charge is 0.420 e. The average molecular weight is 565 g/mol. The lowest BCUT2D eigenvalue weighted by molar-refractivity contribution is -0.136. The van der Waals surface area contributed by atoms with Gasteiger partial charge in [-0.2, -0.15) is 0 Å². The van der Waals surface area contributed by atoms with Crippen LogP contribution in [0.4, 0.5) is 0 Å². The predicted octanol–water partition coefficient (Wildman–Crippen LogP) is 2.17. The van der Waals surface area contributed by atoms with E-state index in [4.69, 9.17) is 13.9 Å². The zero-order valence-corrected chi connectivity index (χ0v) is 23.4. The van der Waals surface area contributed by atoms with Gasteiger partial charge in [0.25, 0.3) is 0 Å². The number of rotatable bonds is 4. The van der Waals surface area contributed by atoms with Gasteiger partial charge in [-0.05, 0) is 61.4 Å². The summed E-state index contributed by atoms with van der Waals surface area (Å²) in [6, 6.07) is 10.2. The summed E-state index contributed by atoms with van der Waals surface area (Å²) in [5.41, 5.74) is 2.85. The first kappa shape index (κ1) is 28.3. The number of para-hydroxylation sites is 2. The minimum atomic E-state index is -0.611. The lowest BCUT2D eigenvalue weighted by atomic mass is 10.0. The maximum absolute atomic E-state index is 13.7. The second kappa shape index (κ2) is 12.5. The van der Waals surface area contributed by atoms with E-state index in [1.54, 1.807) is 43.4 Å². The van der Waals surface area contributed by atoms with Crippen molar-refractivity contribution in [1.29, 1.82) is 0 Å². The zero-order valence-electron chi connectivity index (χ0n) is 23.4. The maximum atomic E-state index is 13.7. The van der Waals surface area contributed by atoms with Gasteiger partial charge >= 0.3 is 5.76 Å². The number of benzene rings is 2. The van der Waals surface area contributed by atoms with E-state index < -0.39 is 5.76 Å². The number of aromatic nitrogens is 1. The van der Waals surface area contributed by atoms with Crippen molar-refractivity contribution in [2.75, 3.05) is 27.3 Å². The lowest BCUT2D eigenvalue weighted by Gasteiger charge is -2.30. The summed E-state index contributed by atoms with van der Waals surface area (Å²) in [4.78, 5) is 53.7. The highest BCUT2D eigenvalue weighted by atomic mass is 16.5. The Morgan fingerprint density at radius 2 is 1.78 bits per heavy atom. The van der Waals surface area contributed by atoms with Gasteiger partial charge in [-0.15, -0.1) is 0 Å². The number of nitrogens with one attached hydrogen (secondary N) is 2. The fourth-order valence-corrected chi connectivity index (χ4v) is 5.96. The van der Waals surface area contributed by atoms with E-state index in [1.807, 2.05) is 12.1 Å². The topological polar surface area (TPSA) is 132 Å². The van der Waals surface area contributed by atoms with Gasteiger partial charge in [0.05, 0.1) is 19.7 Å². The van der Waals surface area contributed by atoms with E-state index in [2.05, 4.69) is 10.6 Å². The van der Waals surface area contributed by atoms with Crippen molar-refractivity contribution in [3.8, 4) is 11.5 Å². The van der Waals surface area contributed by atoms with Gasteiger partial charge in [-0.1, -0.05) is 18.2 Å². The molecule has 3 heterocycles. The zero-order chi connectivity index (χ0) is 28.9. The van der Waals surface area contributed by atoms with Crippen molar-refractivity contribution in [3.05, 3.63) is 58.1 Å². The Kier molecular flexibility index (Phi) is 8.61. The van der Waals surface area contributed by atoms with E-state index in [0.29, 0.717) is 61.2 Å². The minimum Gasteiger partial charge on any atom is -0.493 e. The molecule has 41 heavy (non-hydrogen) atoms. The van der Waals surface area contributed by atoms with Gasteiger partial charge in [0.15, 0.2) is 17.1 Å². The van der Waals surface area contributed by atoms with Crippen molar-refractivity contribution in [3.63, 3.8) is 0 Å². The summed E-state index contributed by atoms with van der Waals surface area (Å²) in [7, 11) is 3.18. The maximum Gasteiger partial charge on any atom is 0.420 e. The number of carbonyl (C=O) groups is 3. The Morgan fingerprint density at radius 3 is 2.59 bits per heavy atom. The van der Waals surface area contributed by atoms with Gasteiger partial charge in [0, 0.05) is 38.0 Å². The largest absolute Gasteiger partial charge is 0.493 e. The van der Waals surface area contributed by atoms with Crippen LogP contribution in [0.2, 0.25) is 0 Å². The highest BCUT2D eigenvalue weighted by Crippen LogP contribution is 2.34. The molecular formula is C30H36N4O7. The van der Waals surface area contributed by atoms with Crippen LogP contribution in [0.15, 0.2) is 45.6 Å². The quantitative estimate of drug-likeness (QED) is 0.497. The minimum absolute atomic E-state index is 0.128. The van der Waals surface area contributed by atoms with Gasteiger partial charge < -0.3 is 29.4 Å². The number of methoxy groups -OCH3 is 2. The number of hydrogen-bond acceptors (Lipinski definition) is 7. The van der Waals surface area contributed by atoms with E-state index in [1.165, 1.54) is 4.57 Å². The fraction of sp³-hybridized carbons (Fsp3) is 0.467. The second-order valence-corrected chi connectivity index (χ2v) is 10.6. The number of oxazole rings is 1. The molecule has 2 atom stereocenters. The molecule has 0 aliphatic carbocycles. The number of carbonyl (C=O) groups excluding carboxylic acids is 3. The molecule has 0 saturated carbocycles. The first-order valence-corrected chi connectivity index (χ1v) is 14.0. The summed E-state index contributed by atoms with van der Waals surface area (Å²) in [5.74, 6) is 0.0864. The Labute approximate surface area is 237 Å². The molecule has 1 saturated heterocycles. The molecule has 5 rings (SSSR count). The molecule has 1 fully saturated rings. The molecule has 2 aliphatic rings. The van der Waals surface area contributed by atoms with Crippen LogP contribution in [0.3, 0.4) is 0 Å². The number of amides is 3. The van der Waals surface area contributed by atoms with Crippen LogP contribution in [0.5, 0.6) is 11.5 Å². The fourth-order valence-electron chi connectivity index (χ4n) is 5.96. The number of aryl methyl sites for hydroxylation is 2. The van der Waals surface area contributed by atoms with Crippen molar-refractivity contribution >= 4 is 28.8 Å². The molecule has 3 aromatic rings. The molecule has 2 aliphatic heterocycles. The van der Waals surface area contributed by atoms with Crippen molar-refractivity contribution in [2.24, 2.45) is 0 Å². The molecule has 0 unspecified atom stereocenters. The van der Waals surface area contributed by atoms with E-state index in [-0.39, 0.29) is 55.7 Å². The third-order valence-corrected chi connectivity index (χ3v) is 7.93. The molecule has 1 aromatic heterocycles. The number of hydrogen-bond donors (Lipinski definition) is 2. The van der Waals surface area contributed by atoms with Gasteiger partial charge in [0.2, 0.25) is 17.7 Å². The highest BCUT2D eigenvalue weighted by Gasteiger charge is 2.38. The van der Waals surface area contributed by atoms with Crippen LogP contribution in [0, 0.1) is 0 Å². The summed E-state index contributed by atoms with van der Waals surface area (Å²) in [5, 5.41) is 5.97. The highest BCUT2D eigenvalue weighted by molar-refractivity contribution is 5.82. The third kappa shape index (κ3) is 6.23. The second-order valence-electron chi connectivity index (χ2n) is 10.6. The Hall–Kier alpha value is -4.28. The molecule has 0 radical (unpaired) electrons. The van der Waals surface area contributed by atoms with Crippen LogP contribution in [-0.4, -0.2) is 66.6 Å². The summed E-state index contributed by atoms with van der Waals surface area (Å²) in [6.45, 7) is 0.521. The number of fused-ring (bicyclic) bond motifs is 5. The van der Waals surface area contributed by atoms with Crippen LogP contribution in [-0.2, 0) is 33.8 Å². The van der Waals surface area contributed by atoms with Crippen LogP contribution >= 0.6 is 0 Å². The SMILES string of the molecule is COc1cc2cc(c1OC)CCCNC(=O)C[C@@H]1CC[C@H](CNC(=O)CC2)N1C(=O)Cn1c(=O)oc2ccccc21. The third-order valence-electron chi connectivity index (χ3n) is 7.93. The van der Waals surface area contributed by atoms with Gasteiger partial charge in [0.1, 0.15) is 6.54 Å². The summed E-state index contributed by atoms with van der Waals surface area (Å²) in [6.07, 6.45) is 3.54. The molecule has 3 amide bonds.